The van der Waals surface area contributed by atoms with Crippen LogP contribution in [0.4, 0.5) is 0 Å². The maximum Gasteiger partial charge on any atom is 0.106 e. The van der Waals surface area contributed by atoms with Crippen molar-refractivity contribution < 1.29 is 4.84 Å². The molecule has 0 saturated heterocycles. The summed E-state index contributed by atoms with van der Waals surface area (Å²) in [5.41, 5.74) is 4.78. The Morgan fingerprint density at radius 2 is 1.95 bits per heavy atom. The molecule has 1 aromatic carbocycles. The molecule has 0 bridgehead atoms. The normalized spacial score (nSPS) is 19.4. The van der Waals surface area contributed by atoms with Gasteiger partial charge in [0.2, 0.25) is 0 Å². The van der Waals surface area contributed by atoms with Crippen LogP contribution in [-0.4, -0.2) is 23.0 Å². The molecule has 3 rings (SSSR count). The van der Waals surface area contributed by atoms with Crippen molar-refractivity contribution in [1.82, 2.24) is 10.2 Å². The van der Waals surface area contributed by atoms with Crippen LogP contribution in [0, 0.1) is 5.92 Å². The number of aromatic nitrogens is 2. The van der Waals surface area contributed by atoms with Gasteiger partial charge in [0.1, 0.15) is 7.11 Å². The van der Waals surface area contributed by atoms with Crippen molar-refractivity contribution in [1.29, 1.82) is 0 Å². The zero-order valence-electron chi connectivity index (χ0n) is 12.0. The summed E-state index contributed by atoms with van der Waals surface area (Å²) in [4.78, 5) is 4.97. The average molecular weight is 302 g/mol. The van der Waals surface area contributed by atoms with Crippen LogP contribution in [0.3, 0.4) is 0 Å². The number of benzene rings is 1. The number of nitrogens with zero attached hydrogens (tertiary/aromatic N) is 3. The van der Waals surface area contributed by atoms with Gasteiger partial charge in [-0.1, -0.05) is 35.8 Å². The lowest BCUT2D eigenvalue weighted by atomic mass is 9.86. The van der Waals surface area contributed by atoms with Crippen molar-refractivity contribution in [3.8, 4) is 11.3 Å². The lowest BCUT2D eigenvalue weighted by Crippen LogP contribution is -2.21. The monoisotopic (exact) mass is 301 g/mol. The molecule has 4 nitrogen and oxygen atoms in total. The fraction of sp³-hybridized carbons (Fsp3) is 0.312. The van der Waals surface area contributed by atoms with E-state index >= 15 is 0 Å². The van der Waals surface area contributed by atoms with Crippen molar-refractivity contribution in [2.45, 2.75) is 19.8 Å². The highest BCUT2D eigenvalue weighted by Gasteiger charge is 2.23. The fourth-order valence-corrected chi connectivity index (χ4v) is 2.74. The first kappa shape index (κ1) is 14.0. The molecule has 21 heavy (non-hydrogen) atoms. The van der Waals surface area contributed by atoms with Gasteiger partial charge in [-0.2, -0.15) is 10.2 Å². The van der Waals surface area contributed by atoms with E-state index in [0.717, 1.165) is 41.1 Å². The summed E-state index contributed by atoms with van der Waals surface area (Å²) in [6, 6.07) is 9.62. The third kappa shape index (κ3) is 2.90. The zero-order valence-corrected chi connectivity index (χ0v) is 12.8. The Morgan fingerprint density at radius 1 is 1.19 bits per heavy atom. The van der Waals surface area contributed by atoms with E-state index in [1.807, 2.05) is 30.3 Å². The van der Waals surface area contributed by atoms with Crippen molar-refractivity contribution >= 4 is 17.3 Å². The number of hydrogen-bond acceptors (Lipinski definition) is 4. The summed E-state index contributed by atoms with van der Waals surface area (Å²) in [6.45, 7) is 2.18. The van der Waals surface area contributed by atoms with Gasteiger partial charge in [-0.3, -0.25) is 0 Å². The van der Waals surface area contributed by atoms with Crippen molar-refractivity contribution in [3.63, 3.8) is 0 Å². The smallest absolute Gasteiger partial charge is 0.106 e. The molecule has 0 radical (unpaired) electrons. The Labute approximate surface area is 128 Å². The molecule has 108 valence electrons. The van der Waals surface area contributed by atoms with Crippen LogP contribution < -0.4 is 0 Å². The van der Waals surface area contributed by atoms with Crippen LogP contribution in [0.15, 0.2) is 35.5 Å². The Morgan fingerprint density at radius 3 is 2.67 bits per heavy atom. The first-order valence-corrected chi connectivity index (χ1v) is 7.28. The lowest BCUT2D eigenvalue weighted by molar-refractivity contribution is 0.212. The van der Waals surface area contributed by atoms with Crippen LogP contribution in [0.1, 0.15) is 24.6 Å². The van der Waals surface area contributed by atoms with Gasteiger partial charge < -0.3 is 4.84 Å². The predicted molar refractivity (Wildman–Crippen MR) is 83.5 cm³/mol. The van der Waals surface area contributed by atoms with E-state index in [4.69, 9.17) is 16.4 Å². The molecule has 0 spiro atoms. The summed E-state index contributed by atoms with van der Waals surface area (Å²) in [5, 5.41) is 13.6. The summed E-state index contributed by atoms with van der Waals surface area (Å²) >= 11 is 5.92. The van der Waals surface area contributed by atoms with Crippen LogP contribution in [-0.2, 0) is 11.3 Å². The highest BCUT2D eigenvalue weighted by molar-refractivity contribution is 6.30. The highest BCUT2D eigenvalue weighted by Crippen LogP contribution is 2.27. The molecule has 5 heteroatoms. The van der Waals surface area contributed by atoms with E-state index in [1.54, 1.807) is 7.11 Å². The molecule has 0 aliphatic heterocycles. The number of rotatable bonds is 2. The van der Waals surface area contributed by atoms with E-state index in [1.165, 1.54) is 0 Å². The number of oxime groups is 1. The summed E-state index contributed by atoms with van der Waals surface area (Å²) < 4.78 is 0. The predicted octanol–water partition coefficient (Wildman–Crippen LogP) is 3.73. The van der Waals surface area contributed by atoms with Crippen LogP contribution >= 0.6 is 11.6 Å². The van der Waals surface area contributed by atoms with Gasteiger partial charge in [0.05, 0.1) is 17.1 Å². The SMILES string of the molecule is CO/N=C1/CC(C)Cc2nnc(-c3ccc(Cl)cc3)cc21. The highest BCUT2D eigenvalue weighted by atomic mass is 35.5. The van der Waals surface area contributed by atoms with E-state index in [9.17, 15) is 0 Å². The van der Waals surface area contributed by atoms with Crippen LogP contribution in [0.5, 0.6) is 0 Å². The van der Waals surface area contributed by atoms with E-state index in [2.05, 4.69) is 22.3 Å². The molecule has 0 N–H and O–H groups in total. The molecule has 1 aliphatic rings. The lowest BCUT2D eigenvalue weighted by Gasteiger charge is -2.21. The van der Waals surface area contributed by atoms with Crippen molar-refractivity contribution in [2.75, 3.05) is 7.11 Å². The van der Waals surface area contributed by atoms with Crippen LogP contribution in [0.2, 0.25) is 5.02 Å². The van der Waals surface area contributed by atoms with E-state index in [0.29, 0.717) is 10.9 Å². The first-order valence-electron chi connectivity index (χ1n) is 6.90. The molecule has 1 aromatic heterocycles. The third-order valence-corrected chi connectivity index (χ3v) is 3.86. The maximum atomic E-state index is 5.92. The molecular formula is C16H16ClN3O. The Bertz CT molecular complexity index is 682. The number of halogens is 1. The first-order chi connectivity index (χ1) is 10.2. The largest absolute Gasteiger partial charge is 0.399 e. The van der Waals surface area contributed by atoms with Gasteiger partial charge >= 0.3 is 0 Å². The fourth-order valence-electron chi connectivity index (χ4n) is 2.62. The topological polar surface area (TPSA) is 47.4 Å². The number of hydrogen-bond donors (Lipinski definition) is 0. The Balaban J connectivity index is 2.05. The quantitative estimate of drug-likeness (QED) is 0.794. The van der Waals surface area contributed by atoms with Gasteiger partial charge in [-0.05, 0) is 37.0 Å². The van der Waals surface area contributed by atoms with E-state index in [-0.39, 0.29) is 0 Å². The second-order valence-corrected chi connectivity index (χ2v) is 5.77. The molecule has 0 amide bonds. The molecule has 0 fully saturated rings. The minimum Gasteiger partial charge on any atom is -0.399 e. The van der Waals surface area contributed by atoms with Gasteiger partial charge in [-0.15, -0.1) is 0 Å². The summed E-state index contributed by atoms with van der Waals surface area (Å²) in [7, 11) is 1.57. The molecule has 1 heterocycles. The van der Waals surface area contributed by atoms with Gasteiger partial charge in [0.25, 0.3) is 0 Å². The Kier molecular flexibility index (Phi) is 3.88. The average Bonchev–Trinajstić information content (AvgIpc) is 2.48. The minimum atomic E-state index is 0.502. The standard InChI is InChI=1S/C16H16ClN3O/c1-10-7-15-13(16(8-10)20-21-2)9-14(18-19-15)11-3-5-12(17)6-4-11/h3-6,9-10H,7-8H2,1-2H3/b20-16-. The van der Waals surface area contributed by atoms with Crippen molar-refractivity contribution in [3.05, 3.63) is 46.6 Å². The summed E-state index contributed by atoms with van der Waals surface area (Å²) in [6.07, 6.45) is 1.82. The molecule has 1 unspecified atom stereocenters. The van der Waals surface area contributed by atoms with E-state index < -0.39 is 0 Å². The molecule has 0 saturated carbocycles. The minimum absolute atomic E-state index is 0.502. The molecular weight excluding hydrogens is 286 g/mol. The molecule has 1 atom stereocenters. The van der Waals surface area contributed by atoms with Crippen molar-refractivity contribution in [2.24, 2.45) is 11.1 Å². The van der Waals surface area contributed by atoms with Gasteiger partial charge in [0, 0.05) is 16.1 Å². The Hall–Kier alpha value is -1.94. The second-order valence-electron chi connectivity index (χ2n) is 5.33. The number of fused-ring (bicyclic) bond motifs is 1. The van der Waals surface area contributed by atoms with Gasteiger partial charge in [0.15, 0.2) is 0 Å². The molecule has 2 aromatic rings. The van der Waals surface area contributed by atoms with Crippen LogP contribution in [0.25, 0.3) is 11.3 Å². The summed E-state index contributed by atoms with van der Waals surface area (Å²) in [5.74, 6) is 0.502. The van der Waals surface area contributed by atoms with Gasteiger partial charge in [-0.25, -0.2) is 0 Å². The molecule has 1 aliphatic carbocycles. The zero-order chi connectivity index (χ0) is 14.8. The second kappa shape index (κ2) is 5.82. The third-order valence-electron chi connectivity index (χ3n) is 3.61. The maximum absolute atomic E-state index is 5.92.